The highest BCUT2D eigenvalue weighted by atomic mass is 19.4. The number of para-hydroxylation sites is 1. The van der Waals surface area contributed by atoms with E-state index in [-0.39, 0.29) is 11.6 Å². The second-order valence-corrected chi connectivity index (χ2v) is 6.73. The van der Waals surface area contributed by atoms with Crippen molar-refractivity contribution < 1.29 is 22.4 Å². The van der Waals surface area contributed by atoms with Gasteiger partial charge in [0.1, 0.15) is 0 Å². The molecule has 29 heavy (non-hydrogen) atoms. The standard InChI is InChI=1S/C21H19F4N3O/c1-12-6-4-5-7-17(12)26-20(29)15-8-9-16(13(2)10-15)18-11-19(21(23,24)25)27-28(18)14(3)22/h4-11,14H,1-3H3,(H,26,29). The van der Waals surface area contributed by atoms with Crippen LogP contribution >= 0.6 is 0 Å². The molecule has 0 fully saturated rings. The molecule has 1 unspecified atom stereocenters. The fraction of sp³-hybridized carbons (Fsp3) is 0.238. The van der Waals surface area contributed by atoms with Crippen molar-refractivity contribution in [2.75, 3.05) is 5.32 Å². The van der Waals surface area contributed by atoms with Gasteiger partial charge in [0.2, 0.25) is 0 Å². The zero-order chi connectivity index (χ0) is 21.3. The lowest BCUT2D eigenvalue weighted by Gasteiger charge is -2.13. The summed E-state index contributed by atoms with van der Waals surface area (Å²) in [7, 11) is 0. The summed E-state index contributed by atoms with van der Waals surface area (Å²) in [5.41, 5.74) is 1.62. The van der Waals surface area contributed by atoms with E-state index >= 15 is 0 Å². The maximum Gasteiger partial charge on any atom is 0.435 e. The number of amides is 1. The SMILES string of the molecule is Cc1ccccc1NC(=O)c1ccc(-c2cc(C(F)(F)F)nn2C(C)F)c(C)c1. The molecule has 1 amide bonds. The third-order valence-corrected chi connectivity index (χ3v) is 4.52. The number of hydrogen-bond acceptors (Lipinski definition) is 2. The number of halogens is 4. The van der Waals surface area contributed by atoms with E-state index < -0.39 is 18.2 Å². The van der Waals surface area contributed by atoms with Crippen LogP contribution in [0.4, 0.5) is 23.2 Å². The van der Waals surface area contributed by atoms with E-state index in [0.717, 1.165) is 18.6 Å². The minimum Gasteiger partial charge on any atom is -0.322 e. The van der Waals surface area contributed by atoms with E-state index in [0.29, 0.717) is 27.1 Å². The number of anilines is 1. The van der Waals surface area contributed by atoms with Crippen LogP contribution in [0, 0.1) is 13.8 Å². The van der Waals surface area contributed by atoms with Gasteiger partial charge in [-0.15, -0.1) is 0 Å². The van der Waals surface area contributed by atoms with Gasteiger partial charge in [0.25, 0.3) is 5.91 Å². The lowest BCUT2D eigenvalue weighted by molar-refractivity contribution is -0.141. The first-order valence-electron chi connectivity index (χ1n) is 8.86. The van der Waals surface area contributed by atoms with Crippen molar-refractivity contribution in [3.63, 3.8) is 0 Å². The number of nitrogens with zero attached hydrogens (tertiary/aromatic N) is 2. The predicted octanol–water partition coefficient (Wildman–Crippen LogP) is 5.93. The van der Waals surface area contributed by atoms with Gasteiger partial charge >= 0.3 is 6.18 Å². The summed E-state index contributed by atoms with van der Waals surface area (Å²) in [5.74, 6) is -0.350. The van der Waals surface area contributed by atoms with E-state index in [4.69, 9.17) is 0 Å². The highest BCUT2D eigenvalue weighted by Crippen LogP contribution is 2.34. The van der Waals surface area contributed by atoms with Crippen LogP contribution in [0.15, 0.2) is 48.5 Å². The smallest absolute Gasteiger partial charge is 0.322 e. The molecule has 0 spiro atoms. The number of benzene rings is 2. The third kappa shape index (κ3) is 4.31. The molecule has 152 valence electrons. The molecule has 0 radical (unpaired) electrons. The highest BCUT2D eigenvalue weighted by Gasteiger charge is 2.35. The van der Waals surface area contributed by atoms with Crippen LogP contribution in [0.3, 0.4) is 0 Å². The van der Waals surface area contributed by atoms with Crippen molar-refractivity contribution >= 4 is 11.6 Å². The van der Waals surface area contributed by atoms with Crippen molar-refractivity contribution in [3.05, 3.63) is 70.9 Å². The highest BCUT2D eigenvalue weighted by molar-refractivity contribution is 6.05. The van der Waals surface area contributed by atoms with Crippen LogP contribution in [0.25, 0.3) is 11.3 Å². The summed E-state index contributed by atoms with van der Waals surface area (Å²) in [6.07, 6.45) is -6.43. The summed E-state index contributed by atoms with van der Waals surface area (Å²) >= 11 is 0. The molecule has 0 aliphatic carbocycles. The third-order valence-electron chi connectivity index (χ3n) is 4.52. The first kappa shape index (κ1) is 20.6. The zero-order valence-electron chi connectivity index (χ0n) is 16.0. The Balaban J connectivity index is 1.95. The Hall–Kier alpha value is -3.16. The van der Waals surface area contributed by atoms with Crippen molar-refractivity contribution in [3.8, 4) is 11.3 Å². The number of hydrogen-bond donors (Lipinski definition) is 1. The molecular weight excluding hydrogens is 386 g/mol. The molecule has 0 aliphatic heterocycles. The zero-order valence-corrected chi connectivity index (χ0v) is 16.0. The molecule has 1 heterocycles. The van der Waals surface area contributed by atoms with Crippen molar-refractivity contribution in [1.82, 2.24) is 9.78 Å². The fourth-order valence-electron chi connectivity index (χ4n) is 3.01. The average Bonchev–Trinajstić information content (AvgIpc) is 3.09. The minimum atomic E-state index is -4.68. The topological polar surface area (TPSA) is 46.9 Å². The average molecular weight is 405 g/mol. The molecule has 0 bridgehead atoms. The van der Waals surface area contributed by atoms with Gasteiger partial charge in [0.15, 0.2) is 12.0 Å². The summed E-state index contributed by atoms with van der Waals surface area (Å²) in [5, 5.41) is 6.16. The van der Waals surface area contributed by atoms with Gasteiger partial charge < -0.3 is 5.32 Å². The van der Waals surface area contributed by atoms with E-state index in [2.05, 4.69) is 10.4 Å². The summed E-state index contributed by atoms with van der Waals surface area (Å²) in [4.78, 5) is 12.5. The minimum absolute atomic E-state index is 0.00399. The van der Waals surface area contributed by atoms with Gasteiger partial charge in [-0.2, -0.15) is 18.3 Å². The van der Waals surface area contributed by atoms with E-state index in [1.165, 1.54) is 12.1 Å². The number of carbonyl (C=O) groups excluding carboxylic acids is 1. The van der Waals surface area contributed by atoms with Gasteiger partial charge in [-0.25, -0.2) is 9.07 Å². The quantitative estimate of drug-likeness (QED) is 0.547. The van der Waals surface area contributed by atoms with Crippen LogP contribution < -0.4 is 5.32 Å². The number of aryl methyl sites for hydroxylation is 2. The molecule has 1 aromatic heterocycles. The van der Waals surface area contributed by atoms with E-state index in [1.807, 2.05) is 19.1 Å². The van der Waals surface area contributed by atoms with Crippen LogP contribution in [-0.4, -0.2) is 15.7 Å². The number of rotatable bonds is 4. The van der Waals surface area contributed by atoms with Gasteiger partial charge in [0.05, 0.1) is 5.69 Å². The van der Waals surface area contributed by atoms with Crippen molar-refractivity contribution in [2.45, 2.75) is 33.2 Å². The molecular formula is C21H19F4N3O. The Kier molecular flexibility index (Phi) is 5.46. The molecule has 1 N–H and O–H groups in total. The second kappa shape index (κ2) is 7.69. The molecule has 0 saturated heterocycles. The van der Waals surface area contributed by atoms with Crippen LogP contribution in [0.2, 0.25) is 0 Å². The second-order valence-electron chi connectivity index (χ2n) is 6.73. The van der Waals surface area contributed by atoms with Gasteiger partial charge in [-0.05, 0) is 56.2 Å². The molecule has 0 saturated carbocycles. The molecule has 8 heteroatoms. The predicted molar refractivity (Wildman–Crippen MR) is 102 cm³/mol. The Morgan fingerprint density at radius 2 is 1.76 bits per heavy atom. The molecule has 1 atom stereocenters. The molecule has 4 nitrogen and oxygen atoms in total. The number of aromatic nitrogens is 2. The lowest BCUT2D eigenvalue weighted by Crippen LogP contribution is -2.13. The number of nitrogens with one attached hydrogen (secondary N) is 1. The maximum atomic E-state index is 13.9. The first-order valence-corrected chi connectivity index (χ1v) is 8.86. The monoisotopic (exact) mass is 405 g/mol. The molecule has 3 rings (SSSR count). The largest absolute Gasteiger partial charge is 0.435 e. The first-order chi connectivity index (χ1) is 13.6. The summed E-state index contributed by atoms with van der Waals surface area (Å²) in [6, 6.07) is 12.6. The summed E-state index contributed by atoms with van der Waals surface area (Å²) < 4.78 is 53.6. The Labute approximate surface area is 165 Å². The van der Waals surface area contributed by atoms with Gasteiger partial charge in [-0.3, -0.25) is 4.79 Å². The van der Waals surface area contributed by atoms with Crippen molar-refractivity contribution in [1.29, 1.82) is 0 Å². The molecule has 2 aromatic carbocycles. The number of alkyl halides is 4. The van der Waals surface area contributed by atoms with E-state index in [1.54, 1.807) is 25.1 Å². The normalized spacial score (nSPS) is 12.7. The van der Waals surface area contributed by atoms with Gasteiger partial charge in [0, 0.05) is 16.8 Å². The molecule has 3 aromatic rings. The van der Waals surface area contributed by atoms with Crippen molar-refractivity contribution in [2.24, 2.45) is 0 Å². The Morgan fingerprint density at radius 1 is 1.07 bits per heavy atom. The Morgan fingerprint density at radius 3 is 2.34 bits per heavy atom. The number of carbonyl (C=O) groups is 1. The summed E-state index contributed by atoms with van der Waals surface area (Å²) in [6.45, 7) is 4.62. The van der Waals surface area contributed by atoms with E-state index in [9.17, 15) is 22.4 Å². The fourth-order valence-corrected chi connectivity index (χ4v) is 3.01. The van der Waals surface area contributed by atoms with Crippen LogP contribution in [0.5, 0.6) is 0 Å². The molecule has 0 aliphatic rings. The van der Waals surface area contributed by atoms with Gasteiger partial charge in [-0.1, -0.05) is 24.3 Å². The van der Waals surface area contributed by atoms with Crippen LogP contribution in [0.1, 0.15) is 40.4 Å². The lowest BCUT2D eigenvalue weighted by atomic mass is 10.0. The maximum absolute atomic E-state index is 13.9. The Bertz CT molecular complexity index is 1050. The van der Waals surface area contributed by atoms with Crippen LogP contribution in [-0.2, 0) is 6.18 Å².